The van der Waals surface area contributed by atoms with Crippen molar-refractivity contribution in [3.05, 3.63) is 77.4 Å². The molecule has 0 aliphatic rings. The van der Waals surface area contributed by atoms with E-state index in [9.17, 15) is 4.79 Å². The molecule has 0 radical (unpaired) electrons. The van der Waals surface area contributed by atoms with E-state index in [4.69, 9.17) is 16.3 Å². The molecule has 3 rings (SSSR count). The molecule has 5 nitrogen and oxygen atoms in total. The third kappa shape index (κ3) is 4.28. The molecular formula is C19H16ClN3O2. The summed E-state index contributed by atoms with van der Waals surface area (Å²) in [5.74, 6) is 0.932. The van der Waals surface area contributed by atoms with Gasteiger partial charge in [-0.1, -0.05) is 29.8 Å². The number of rotatable bonds is 5. The Balaban J connectivity index is 1.80. The van der Waals surface area contributed by atoms with Crippen molar-refractivity contribution in [2.45, 2.75) is 0 Å². The molecule has 2 N–H and O–H groups in total. The van der Waals surface area contributed by atoms with Gasteiger partial charge in [0.05, 0.1) is 12.8 Å². The van der Waals surface area contributed by atoms with Crippen LogP contribution in [0, 0.1) is 0 Å². The predicted octanol–water partition coefficient (Wildman–Crippen LogP) is 4.74. The van der Waals surface area contributed by atoms with Crippen molar-refractivity contribution in [2.75, 3.05) is 17.7 Å². The number of aromatic nitrogens is 1. The lowest BCUT2D eigenvalue weighted by molar-refractivity contribution is 0.102. The van der Waals surface area contributed by atoms with E-state index in [1.54, 1.807) is 43.6 Å². The highest BCUT2D eigenvalue weighted by molar-refractivity contribution is 6.31. The first-order valence-corrected chi connectivity index (χ1v) is 7.96. The maximum absolute atomic E-state index is 12.4. The van der Waals surface area contributed by atoms with Crippen LogP contribution >= 0.6 is 11.6 Å². The second-order valence-corrected chi connectivity index (χ2v) is 5.66. The van der Waals surface area contributed by atoms with Gasteiger partial charge in [0.2, 0.25) is 0 Å². The fourth-order valence-electron chi connectivity index (χ4n) is 2.28. The number of para-hydroxylation sites is 1. The molecule has 3 aromatic rings. The number of carbonyl (C=O) groups is 1. The van der Waals surface area contributed by atoms with Gasteiger partial charge in [0.25, 0.3) is 5.91 Å². The van der Waals surface area contributed by atoms with Crippen molar-refractivity contribution in [1.29, 1.82) is 0 Å². The summed E-state index contributed by atoms with van der Waals surface area (Å²) in [6, 6.07) is 17.8. The van der Waals surface area contributed by atoms with E-state index < -0.39 is 0 Å². The topological polar surface area (TPSA) is 63.2 Å². The van der Waals surface area contributed by atoms with Crippen LogP contribution in [0.4, 0.5) is 17.2 Å². The third-order valence-electron chi connectivity index (χ3n) is 3.48. The van der Waals surface area contributed by atoms with Crippen LogP contribution in [-0.2, 0) is 0 Å². The molecule has 0 saturated carbocycles. The molecule has 0 bridgehead atoms. The Hall–Kier alpha value is -3.05. The summed E-state index contributed by atoms with van der Waals surface area (Å²) in [4.78, 5) is 16.6. The number of benzene rings is 2. The van der Waals surface area contributed by atoms with Gasteiger partial charge in [-0.05, 0) is 42.5 Å². The van der Waals surface area contributed by atoms with Gasteiger partial charge in [-0.2, -0.15) is 0 Å². The number of halogens is 1. The highest BCUT2D eigenvalue weighted by atomic mass is 35.5. The van der Waals surface area contributed by atoms with E-state index in [1.165, 1.54) is 0 Å². The van der Waals surface area contributed by atoms with Crippen molar-refractivity contribution in [1.82, 2.24) is 4.98 Å². The van der Waals surface area contributed by atoms with Gasteiger partial charge in [0, 0.05) is 22.5 Å². The van der Waals surface area contributed by atoms with E-state index in [0.717, 1.165) is 5.69 Å². The van der Waals surface area contributed by atoms with Gasteiger partial charge in [0.1, 0.15) is 11.6 Å². The average Bonchev–Trinajstić information content (AvgIpc) is 2.63. The van der Waals surface area contributed by atoms with E-state index in [0.29, 0.717) is 27.8 Å². The van der Waals surface area contributed by atoms with Crippen molar-refractivity contribution in [3.8, 4) is 5.75 Å². The molecule has 2 aromatic carbocycles. The highest BCUT2D eigenvalue weighted by Gasteiger charge is 2.09. The van der Waals surface area contributed by atoms with Gasteiger partial charge in [0.15, 0.2) is 0 Å². The number of methoxy groups -OCH3 is 1. The second-order valence-electron chi connectivity index (χ2n) is 5.22. The largest absolute Gasteiger partial charge is 0.495 e. The standard InChI is InChI=1S/C19H16ClN3O2/c1-25-17-8-7-14(20)12-16(17)23-18-11-13(9-10-21-18)19(24)22-15-5-3-2-4-6-15/h2-12H,1H3,(H,21,23)(H,22,24). The molecule has 0 unspecified atom stereocenters. The minimum atomic E-state index is -0.213. The van der Waals surface area contributed by atoms with Crippen LogP contribution in [0.3, 0.4) is 0 Å². The zero-order chi connectivity index (χ0) is 17.6. The van der Waals surface area contributed by atoms with Gasteiger partial charge in [-0.15, -0.1) is 0 Å². The van der Waals surface area contributed by atoms with Crippen LogP contribution in [0.2, 0.25) is 5.02 Å². The zero-order valence-corrected chi connectivity index (χ0v) is 14.2. The number of hydrogen-bond donors (Lipinski definition) is 2. The molecule has 6 heteroatoms. The van der Waals surface area contributed by atoms with Crippen LogP contribution in [-0.4, -0.2) is 18.0 Å². The Morgan fingerprint density at radius 3 is 2.64 bits per heavy atom. The molecule has 0 spiro atoms. The summed E-state index contributed by atoms with van der Waals surface area (Å²) in [5.41, 5.74) is 1.89. The lowest BCUT2D eigenvalue weighted by Crippen LogP contribution is -2.12. The Kier molecular flexibility index (Phi) is 5.16. The first kappa shape index (κ1) is 16.8. The maximum Gasteiger partial charge on any atom is 0.255 e. The summed E-state index contributed by atoms with van der Waals surface area (Å²) < 4.78 is 5.30. The Labute approximate surface area is 150 Å². The van der Waals surface area contributed by atoms with Crippen LogP contribution in [0.15, 0.2) is 66.9 Å². The van der Waals surface area contributed by atoms with E-state index in [-0.39, 0.29) is 5.91 Å². The summed E-state index contributed by atoms with van der Waals surface area (Å²) in [7, 11) is 1.57. The Morgan fingerprint density at radius 2 is 1.88 bits per heavy atom. The van der Waals surface area contributed by atoms with Crippen LogP contribution in [0.5, 0.6) is 5.75 Å². The van der Waals surface area contributed by atoms with Crippen molar-refractivity contribution < 1.29 is 9.53 Å². The van der Waals surface area contributed by atoms with Gasteiger partial charge in [-0.3, -0.25) is 4.79 Å². The molecule has 0 aliphatic carbocycles. The maximum atomic E-state index is 12.4. The monoisotopic (exact) mass is 353 g/mol. The Bertz CT molecular complexity index is 885. The number of pyridine rings is 1. The van der Waals surface area contributed by atoms with E-state index >= 15 is 0 Å². The number of carbonyl (C=O) groups excluding carboxylic acids is 1. The lowest BCUT2D eigenvalue weighted by atomic mass is 10.2. The minimum absolute atomic E-state index is 0.213. The molecule has 0 fully saturated rings. The van der Waals surface area contributed by atoms with Crippen molar-refractivity contribution in [3.63, 3.8) is 0 Å². The summed E-state index contributed by atoms with van der Waals surface area (Å²) in [6.45, 7) is 0. The molecule has 0 aliphatic heterocycles. The molecule has 0 saturated heterocycles. The normalized spacial score (nSPS) is 10.2. The summed E-state index contributed by atoms with van der Waals surface area (Å²) >= 11 is 6.03. The van der Waals surface area contributed by atoms with Gasteiger partial charge in [-0.25, -0.2) is 4.98 Å². The molecule has 25 heavy (non-hydrogen) atoms. The molecule has 1 amide bonds. The molecular weight excluding hydrogens is 338 g/mol. The highest BCUT2D eigenvalue weighted by Crippen LogP contribution is 2.30. The zero-order valence-electron chi connectivity index (χ0n) is 13.5. The number of nitrogens with zero attached hydrogens (tertiary/aromatic N) is 1. The average molecular weight is 354 g/mol. The molecule has 126 valence electrons. The smallest absolute Gasteiger partial charge is 0.255 e. The predicted molar refractivity (Wildman–Crippen MR) is 99.9 cm³/mol. The Morgan fingerprint density at radius 1 is 1.08 bits per heavy atom. The van der Waals surface area contributed by atoms with Crippen LogP contribution in [0.25, 0.3) is 0 Å². The minimum Gasteiger partial charge on any atom is -0.495 e. The number of amides is 1. The molecule has 0 atom stereocenters. The molecule has 1 aromatic heterocycles. The number of ether oxygens (including phenoxy) is 1. The quantitative estimate of drug-likeness (QED) is 0.695. The summed E-state index contributed by atoms with van der Waals surface area (Å²) in [5, 5.41) is 6.53. The fraction of sp³-hybridized carbons (Fsp3) is 0.0526. The van der Waals surface area contributed by atoms with Crippen molar-refractivity contribution >= 4 is 34.7 Å². The molecule has 1 heterocycles. The number of anilines is 3. The SMILES string of the molecule is COc1ccc(Cl)cc1Nc1cc(C(=O)Nc2ccccc2)ccn1. The van der Waals surface area contributed by atoms with Crippen LogP contribution in [0.1, 0.15) is 10.4 Å². The van der Waals surface area contributed by atoms with E-state index in [2.05, 4.69) is 15.6 Å². The lowest BCUT2D eigenvalue weighted by Gasteiger charge is -2.12. The van der Waals surface area contributed by atoms with Crippen LogP contribution < -0.4 is 15.4 Å². The summed E-state index contributed by atoms with van der Waals surface area (Å²) in [6.07, 6.45) is 1.57. The number of nitrogens with one attached hydrogen (secondary N) is 2. The van der Waals surface area contributed by atoms with E-state index in [1.807, 2.05) is 30.3 Å². The van der Waals surface area contributed by atoms with Gasteiger partial charge < -0.3 is 15.4 Å². The second kappa shape index (κ2) is 7.68. The fourth-order valence-corrected chi connectivity index (χ4v) is 2.45. The van der Waals surface area contributed by atoms with Gasteiger partial charge >= 0.3 is 0 Å². The first-order chi connectivity index (χ1) is 12.2. The first-order valence-electron chi connectivity index (χ1n) is 7.59. The third-order valence-corrected chi connectivity index (χ3v) is 3.71. The van der Waals surface area contributed by atoms with Crippen molar-refractivity contribution in [2.24, 2.45) is 0 Å². The number of hydrogen-bond acceptors (Lipinski definition) is 4.